The molecule has 0 spiro atoms. The van der Waals surface area contributed by atoms with Crippen LogP contribution in [0.3, 0.4) is 0 Å². The zero-order valence-electron chi connectivity index (χ0n) is 16.4. The number of thiazole rings is 1. The summed E-state index contributed by atoms with van der Waals surface area (Å²) in [6.45, 7) is 15.2. The number of hydrogen-bond donors (Lipinski definition) is 0. The molecule has 138 valence electrons. The number of nitrogens with zero attached hydrogens (tertiary/aromatic N) is 1. The Morgan fingerprint density at radius 2 is 1.76 bits per heavy atom. The molecule has 0 atom stereocenters. The number of halogens is 1. The molecule has 1 heterocycles. The lowest BCUT2D eigenvalue weighted by Gasteiger charge is -2.37. The third-order valence-electron chi connectivity index (χ3n) is 5.65. The third-order valence-corrected chi connectivity index (χ3v) is 11.0. The van der Waals surface area contributed by atoms with Crippen LogP contribution in [0.2, 0.25) is 18.1 Å². The van der Waals surface area contributed by atoms with Crippen molar-refractivity contribution in [2.45, 2.75) is 71.0 Å². The lowest BCUT2D eigenvalue weighted by molar-refractivity contribution is 0.458. The summed E-state index contributed by atoms with van der Waals surface area (Å²) in [5.41, 5.74) is 0.697. The van der Waals surface area contributed by atoms with Crippen LogP contribution in [0.5, 0.6) is 5.75 Å². The topological polar surface area (TPSA) is 22.1 Å². The second-order valence-corrected chi connectivity index (χ2v) is 13.8. The molecule has 0 radical (unpaired) electrons. The molecule has 0 saturated carbocycles. The van der Waals surface area contributed by atoms with E-state index in [2.05, 4.69) is 52.7 Å². The van der Waals surface area contributed by atoms with E-state index in [1.165, 1.54) is 6.07 Å². The van der Waals surface area contributed by atoms with Gasteiger partial charge in [0.25, 0.3) is 0 Å². The van der Waals surface area contributed by atoms with Crippen molar-refractivity contribution in [3.63, 3.8) is 0 Å². The van der Waals surface area contributed by atoms with Crippen LogP contribution >= 0.6 is 11.3 Å². The molecule has 0 bridgehead atoms. The Balaban J connectivity index is 2.51. The third kappa shape index (κ3) is 3.98. The van der Waals surface area contributed by atoms with Gasteiger partial charge in [0.15, 0.2) is 0 Å². The molecular formula is C20H30FNOSSi. The maximum atomic E-state index is 14.5. The molecule has 0 amide bonds. The van der Waals surface area contributed by atoms with Gasteiger partial charge in [-0.2, -0.15) is 0 Å². The fraction of sp³-hybridized carbons (Fsp3) is 0.550. The molecule has 0 aliphatic carbocycles. The van der Waals surface area contributed by atoms with E-state index in [4.69, 9.17) is 4.43 Å². The highest BCUT2D eigenvalue weighted by molar-refractivity contribution is 7.09. The zero-order chi connectivity index (χ0) is 18.9. The Kier molecular flexibility index (Phi) is 5.79. The lowest BCUT2D eigenvalue weighted by atomic mass is 9.76. The van der Waals surface area contributed by atoms with Gasteiger partial charge >= 0.3 is 0 Å². The van der Waals surface area contributed by atoms with E-state index in [0.717, 1.165) is 23.4 Å². The Hall–Kier alpha value is -1.20. The normalized spacial score (nSPS) is 13.1. The summed E-state index contributed by atoms with van der Waals surface area (Å²) in [6, 6.07) is 5.19. The van der Waals surface area contributed by atoms with Crippen molar-refractivity contribution in [1.29, 1.82) is 0 Å². The predicted octanol–water partition coefficient (Wildman–Crippen LogP) is 6.77. The van der Waals surface area contributed by atoms with Crippen molar-refractivity contribution in [1.82, 2.24) is 4.98 Å². The largest absolute Gasteiger partial charge is 0.543 e. The lowest BCUT2D eigenvalue weighted by Crippen LogP contribution is -2.44. The van der Waals surface area contributed by atoms with Crippen molar-refractivity contribution >= 4 is 19.7 Å². The van der Waals surface area contributed by atoms with Crippen LogP contribution in [0, 0.1) is 5.82 Å². The predicted molar refractivity (Wildman–Crippen MR) is 108 cm³/mol. The minimum absolute atomic E-state index is 0.0708. The molecule has 5 heteroatoms. The minimum atomic E-state index is -2.02. The SMILES string of the molecule is CCC(CC)(c1cc(F)cc(O[Si](C)(C)C(C)(C)C)c1)c1nccs1. The van der Waals surface area contributed by atoms with Gasteiger partial charge < -0.3 is 4.43 Å². The quantitative estimate of drug-likeness (QED) is 0.516. The summed E-state index contributed by atoms with van der Waals surface area (Å²) in [6.07, 6.45) is 3.58. The van der Waals surface area contributed by atoms with E-state index in [-0.39, 0.29) is 16.3 Å². The standard InChI is InChI=1S/C20H30FNOSSi/c1-8-20(9-2,18-22-10-11-24-18)15-12-16(21)14-17(13-15)23-25(6,7)19(3,4)5/h10-14H,8-9H2,1-7H3. The molecule has 0 N–H and O–H groups in total. The Labute approximate surface area is 156 Å². The van der Waals surface area contributed by atoms with Crippen LogP contribution in [0.25, 0.3) is 0 Å². The monoisotopic (exact) mass is 379 g/mol. The van der Waals surface area contributed by atoms with E-state index < -0.39 is 8.32 Å². The Bertz CT molecular complexity index is 703. The van der Waals surface area contributed by atoms with Crippen LogP contribution in [0.15, 0.2) is 29.8 Å². The Morgan fingerprint density at radius 3 is 2.24 bits per heavy atom. The minimum Gasteiger partial charge on any atom is -0.543 e. The smallest absolute Gasteiger partial charge is 0.250 e. The first-order valence-corrected chi connectivity index (χ1v) is 12.7. The van der Waals surface area contributed by atoms with E-state index in [1.807, 2.05) is 17.6 Å². The average Bonchev–Trinajstić information content (AvgIpc) is 3.01. The molecule has 25 heavy (non-hydrogen) atoms. The maximum Gasteiger partial charge on any atom is 0.250 e. The molecular weight excluding hydrogens is 349 g/mol. The summed E-state index contributed by atoms with van der Waals surface area (Å²) < 4.78 is 20.8. The summed E-state index contributed by atoms with van der Waals surface area (Å²) in [7, 11) is -2.02. The van der Waals surface area contributed by atoms with E-state index >= 15 is 0 Å². The van der Waals surface area contributed by atoms with Gasteiger partial charge in [0.05, 0.1) is 0 Å². The highest BCUT2D eigenvalue weighted by Gasteiger charge is 2.40. The van der Waals surface area contributed by atoms with Crippen LogP contribution in [-0.2, 0) is 5.41 Å². The second kappa shape index (κ2) is 7.20. The number of benzene rings is 1. The molecule has 0 fully saturated rings. The van der Waals surface area contributed by atoms with Gasteiger partial charge in [0, 0.05) is 23.1 Å². The molecule has 2 rings (SSSR count). The van der Waals surface area contributed by atoms with Crippen molar-refractivity contribution < 1.29 is 8.82 Å². The van der Waals surface area contributed by atoms with Crippen LogP contribution in [0.1, 0.15) is 58.0 Å². The van der Waals surface area contributed by atoms with E-state index in [0.29, 0.717) is 5.75 Å². The average molecular weight is 380 g/mol. The first-order valence-electron chi connectivity index (χ1n) is 8.96. The molecule has 2 aromatic rings. The van der Waals surface area contributed by atoms with Crippen molar-refractivity contribution in [2.75, 3.05) is 0 Å². The number of hydrogen-bond acceptors (Lipinski definition) is 3. The maximum absolute atomic E-state index is 14.5. The van der Waals surface area contributed by atoms with Gasteiger partial charge in [-0.3, -0.25) is 0 Å². The molecule has 1 aromatic heterocycles. The van der Waals surface area contributed by atoms with Gasteiger partial charge in [-0.1, -0.05) is 34.6 Å². The van der Waals surface area contributed by atoms with Gasteiger partial charge in [-0.15, -0.1) is 11.3 Å². The summed E-state index contributed by atoms with van der Waals surface area (Å²) in [5.74, 6) is 0.401. The van der Waals surface area contributed by atoms with Gasteiger partial charge in [0.1, 0.15) is 16.6 Å². The zero-order valence-corrected chi connectivity index (χ0v) is 18.3. The van der Waals surface area contributed by atoms with Crippen molar-refractivity contribution in [3.8, 4) is 5.75 Å². The van der Waals surface area contributed by atoms with E-state index in [1.54, 1.807) is 17.4 Å². The fourth-order valence-corrected chi connectivity index (χ4v) is 4.91. The molecule has 0 saturated heterocycles. The number of aromatic nitrogens is 1. The first-order chi connectivity index (χ1) is 11.6. The van der Waals surface area contributed by atoms with Gasteiger partial charge in [0.2, 0.25) is 8.32 Å². The van der Waals surface area contributed by atoms with Gasteiger partial charge in [-0.25, -0.2) is 9.37 Å². The van der Waals surface area contributed by atoms with Crippen LogP contribution < -0.4 is 4.43 Å². The van der Waals surface area contributed by atoms with Gasteiger partial charge in [-0.05, 0) is 48.7 Å². The molecule has 0 aliphatic heterocycles. The first kappa shape index (κ1) is 20.1. The highest BCUT2D eigenvalue weighted by atomic mass is 32.1. The molecule has 0 aliphatic rings. The summed E-state index contributed by atoms with van der Waals surface area (Å²) in [4.78, 5) is 4.54. The molecule has 2 nitrogen and oxygen atoms in total. The summed E-state index contributed by atoms with van der Waals surface area (Å²) >= 11 is 1.64. The van der Waals surface area contributed by atoms with Crippen molar-refractivity contribution in [2.24, 2.45) is 0 Å². The Morgan fingerprint density at radius 1 is 1.12 bits per heavy atom. The fourth-order valence-electron chi connectivity index (χ4n) is 2.89. The number of rotatable bonds is 6. The second-order valence-electron chi connectivity index (χ2n) is 8.16. The summed E-state index contributed by atoms with van der Waals surface area (Å²) in [5, 5.41) is 3.10. The van der Waals surface area contributed by atoms with Crippen LogP contribution in [-0.4, -0.2) is 13.3 Å². The molecule has 1 aromatic carbocycles. The van der Waals surface area contributed by atoms with E-state index in [9.17, 15) is 4.39 Å². The molecule has 0 unspecified atom stereocenters. The van der Waals surface area contributed by atoms with Crippen molar-refractivity contribution in [3.05, 3.63) is 46.2 Å². The van der Waals surface area contributed by atoms with Crippen LogP contribution in [0.4, 0.5) is 4.39 Å². The highest BCUT2D eigenvalue weighted by Crippen LogP contribution is 2.43.